The molecule has 0 aromatic heterocycles. The van der Waals surface area contributed by atoms with Crippen molar-refractivity contribution in [1.82, 2.24) is 0 Å². The number of anilines is 2. The maximum absolute atomic E-state index is 11.9. The molecule has 0 saturated heterocycles. The number of hydrogen-bond acceptors (Lipinski definition) is 4. The molecule has 0 spiro atoms. The summed E-state index contributed by atoms with van der Waals surface area (Å²) in [6, 6.07) is 0. The first kappa shape index (κ1) is 20.6. The Morgan fingerprint density at radius 3 is 1.12 bits per heavy atom. The first-order valence-corrected chi connectivity index (χ1v) is 7.59. The highest BCUT2D eigenvalue weighted by atomic mass is 16.4. The summed E-state index contributed by atoms with van der Waals surface area (Å²) in [5.41, 5.74) is 3.84. The number of aliphatic carboxylic acids is 2. The molecule has 0 radical (unpaired) electrons. The van der Waals surface area contributed by atoms with E-state index in [1.54, 1.807) is 27.7 Å². The monoisotopic (exact) mass is 360 g/mol. The van der Waals surface area contributed by atoms with Crippen LogP contribution in [0.1, 0.15) is 22.3 Å². The summed E-state index contributed by atoms with van der Waals surface area (Å²) in [5, 5.41) is 22.4. The first-order valence-electron chi connectivity index (χ1n) is 7.59. The number of rotatable bonds is 6. The second-order valence-electron chi connectivity index (χ2n) is 5.57. The number of carbonyl (C=O) groups excluding carboxylic acids is 2. The zero-order chi connectivity index (χ0) is 20.0. The number of carbonyl (C=O) groups is 4. The number of benzene rings is 1. The molecule has 0 saturated carbocycles. The van der Waals surface area contributed by atoms with Crippen molar-refractivity contribution in [2.75, 3.05) is 10.6 Å². The fourth-order valence-corrected chi connectivity index (χ4v) is 2.31. The van der Waals surface area contributed by atoms with E-state index in [1.807, 2.05) is 0 Å². The molecule has 4 N–H and O–H groups in total. The fourth-order valence-electron chi connectivity index (χ4n) is 2.31. The van der Waals surface area contributed by atoms with Crippen LogP contribution in [0.3, 0.4) is 0 Å². The van der Waals surface area contributed by atoms with Crippen molar-refractivity contribution in [1.29, 1.82) is 0 Å². The molecule has 2 amide bonds. The SMILES string of the molecule is Cc1c(C)c(NC(=O)/C=C/C(=O)O)c(C)c(C)c1NC(=O)/C=C/C(=O)O. The molecule has 138 valence electrons. The van der Waals surface area contributed by atoms with Crippen molar-refractivity contribution in [3.63, 3.8) is 0 Å². The number of nitrogens with one attached hydrogen (secondary N) is 2. The maximum Gasteiger partial charge on any atom is 0.328 e. The van der Waals surface area contributed by atoms with Gasteiger partial charge in [-0.25, -0.2) is 9.59 Å². The Hall–Kier alpha value is -3.42. The van der Waals surface area contributed by atoms with E-state index in [4.69, 9.17) is 10.2 Å². The molecule has 1 rings (SSSR count). The molecule has 0 unspecified atom stereocenters. The standard InChI is InChI=1S/C18H20N2O6/c1-9-10(2)18(20-14(22)6-8-16(25)26)12(4)11(3)17(9)19-13(21)5-7-15(23)24/h5-8H,1-4H3,(H,19,21)(H,20,22)(H,23,24)(H,25,26)/b7-5+,8-6+. The lowest BCUT2D eigenvalue weighted by Crippen LogP contribution is -2.16. The van der Waals surface area contributed by atoms with E-state index >= 15 is 0 Å². The highest BCUT2D eigenvalue weighted by molar-refractivity contribution is 6.05. The summed E-state index contributed by atoms with van der Waals surface area (Å²) >= 11 is 0. The second kappa shape index (κ2) is 8.61. The van der Waals surface area contributed by atoms with Gasteiger partial charge in [0.1, 0.15) is 0 Å². The Bertz CT molecular complexity index is 739. The predicted octanol–water partition coefficient (Wildman–Crippen LogP) is 2.08. The van der Waals surface area contributed by atoms with Crippen molar-refractivity contribution in [3.05, 3.63) is 46.6 Å². The topological polar surface area (TPSA) is 133 Å². The highest BCUT2D eigenvalue weighted by Gasteiger charge is 2.17. The van der Waals surface area contributed by atoms with Crippen LogP contribution in [0.4, 0.5) is 11.4 Å². The quantitative estimate of drug-likeness (QED) is 0.574. The Balaban J connectivity index is 3.20. The number of hydrogen-bond donors (Lipinski definition) is 4. The molecule has 1 aromatic carbocycles. The van der Waals surface area contributed by atoms with Gasteiger partial charge in [-0.3, -0.25) is 9.59 Å². The molecule has 0 fully saturated rings. The molecule has 0 aliphatic carbocycles. The third kappa shape index (κ3) is 5.30. The lowest BCUT2D eigenvalue weighted by atomic mass is 9.95. The fraction of sp³-hybridized carbons (Fsp3) is 0.222. The largest absolute Gasteiger partial charge is 0.478 e. The smallest absolute Gasteiger partial charge is 0.328 e. The van der Waals surface area contributed by atoms with Gasteiger partial charge in [-0.1, -0.05) is 0 Å². The summed E-state index contributed by atoms with van der Waals surface area (Å²) in [4.78, 5) is 44.7. The normalized spacial score (nSPS) is 10.9. The van der Waals surface area contributed by atoms with Crippen LogP contribution in [0, 0.1) is 27.7 Å². The molecular weight excluding hydrogens is 340 g/mol. The van der Waals surface area contributed by atoms with Crippen molar-refractivity contribution in [2.24, 2.45) is 0 Å². The van der Waals surface area contributed by atoms with Crippen LogP contribution < -0.4 is 10.6 Å². The lowest BCUT2D eigenvalue weighted by molar-refractivity contribution is -0.132. The van der Waals surface area contributed by atoms with Gasteiger partial charge in [0.25, 0.3) is 0 Å². The second-order valence-corrected chi connectivity index (χ2v) is 5.57. The van der Waals surface area contributed by atoms with Gasteiger partial charge in [0, 0.05) is 35.7 Å². The molecule has 0 aliphatic rings. The molecule has 26 heavy (non-hydrogen) atoms. The highest BCUT2D eigenvalue weighted by Crippen LogP contribution is 2.34. The molecule has 1 aromatic rings. The Morgan fingerprint density at radius 1 is 0.615 bits per heavy atom. The van der Waals surface area contributed by atoms with Crippen LogP contribution in [0.2, 0.25) is 0 Å². The van der Waals surface area contributed by atoms with Crippen molar-refractivity contribution in [2.45, 2.75) is 27.7 Å². The van der Waals surface area contributed by atoms with Gasteiger partial charge in [-0.2, -0.15) is 0 Å². The minimum Gasteiger partial charge on any atom is -0.478 e. The Labute approximate surface area is 150 Å². The molecule has 8 nitrogen and oxygen atoms in total. The zero-order valence-electron chi connectivity index (χ0n) is 14.8. The van der Waals surface area contributed by atoms with E-state index in [1.165, 1.54) is 0 Å². The van der Waals surface area contributed by atoms with Crippen molar-refractivity contribution < 1.29 is 29.4 Å². The van der Waals surface area contributed by atoms with Crippen LogP contribution in [-0.2, 0) is 19.2 Å². The Morgan fingerprint density at radius 2 is 0.885 bits per heavy atom. The number of carboxylic acid groups (broad SMARTS) is 2. The minimum absolute atomic E-state index is 0.527. The number of carboxylic acids is 2. The minimum atomic E-state index is -1.23. The van der Waals surface area contributed by atoms with E-state index in [0.717, 1.165) is 24.3 Å². The first-order chi connectivity index (χ1) is 12.0. The molecule has 8 heteroatoms. The van der Waals surface area contributed by atoms with Gasteiger partial charge in [-0.15, -0.1) is 0 Å². The van der Waals surface area contributed by atoms with E-state index < -0.39 is 23.8 Å². The van der Waals surface area contributed by atoms with E-state index in [0.29, 0.717) is 33.6 Å². The summed E-state index contributed by atoms with van der Waals surface area (Å²) in [6.45, 7) is 7.00. The average molecular weight is 360 g/mol. The van der Waals surface area contributed by atoms with E-state index in [2.05, 4.69) is 10.6 Å². The summed E-state index contributed by atoms with van der Waals surface area (Å²) in [5.74, 6) is -3.63. The number of amides is 2. The van der Waals surface area contributed by atoms with Crippen LogP contribution in [0.15, 0.2) is 24.3 Å². The van der Waals surface area contributed by atoms with Gasteiger partial charge in [0.15, 0.2) is 0 Å². The van der Waals surface area contributed by atoms with Crippen molar-refractivity contribution >= 4 is 35.1 Å². The van der Waals surface area contributed by atoms with Crippen LogP contribution >= 0.6 is 0 Å². The lowest BCUT2D eigenvalue weighted by Gasteiger charge is -2.20. The van der Waals surface area contributed by atoms with Gasteiger partial charge in [-0.05, 0) is 49.9 Å². The summed E-state index contributed by atoms with van der Waals surface area (Å²) < 4.78 is 0. The van der Waals surface area contributed by atoms with E-state index in [9.17, 15) is 19.2 Å². The molecule has 0 bridgehead atoms. The third-order valence-electron chi connectivity index (χ3n) is 3.88. The summed E-state index contributed by atoms with van der Waals surface area (Å²) in [7, 11) is 0. The van der Waals surface area contributed by atoms with E-state index in [-0.39, 0.29) is 0 Å². The van der Waals surface area contributed by atoms with Gasteiger partial charge < -0.3 is 20.8 Å². The predicted molar refractivity (Wildman–Crippen MR) is 96.2 cm³/mol. The molecule has 0 heterocycles. The Kier molecular flexibility index (Phi) is 6.83. The molecule has 0 aliphatic heterocycles. The average Bonchev–Trinajstić information content (AvgIpc) is 2.57. The zero-order valence-corrected chi connectivity index (χ0v) is 14.8. The maximum atomic E-state index is 11.9. The van der Waals surface area contributed by atoms with Crippen LogP contribution in [-0.4, -0.2) is 34.0 Å². The third-order valence-corrected chi connectivity index (χ3v) is 3.88. The van der Waals surface area contributed by atoms with Gasteiger partial charge in [0.05, 0.1) is 0 Å². The van der Waals surface area contributed by atoms with Gasteiger partial charge >= 0.3 is 11.9 Å². The summed E-state index contributed by atoms with van der Waals surface area (Å²) in [6.07, 6.45) is 3.31. The van der Waals surface area contributed by atoms with Crippen LogP contribution in [0.5, 0.6) is 0 Å². The van der Waals surface area contributed by atoms with Crippen molar-refractivity contribution in [3.8, 4) is 0 Å². The molecular formula is C18H20N2O6. The van der Waals surface area contributed by atoms with Gasteiger partial charge in [0.2, 0.25) is 11.8 Å². The van der Waals surface area contributed by atoms with Crippen LogP contribution in [0.25, 0.3) is 0 Å². The molecule has 0 atom stereocenters.